The Labute approximate surface area is 165 Å². The first kappa shape index (κ1) is 20.4. The van der Waals surface area contributed by atoms with Gasteiger partial charge in [-0.2, -0.15) is 0 Å². The molecule has 0 fully saturated rings. The number of benzene rings is 2. The highest BCUT2D eigenvalue weighted by Crippen LogP contribution is 2.39. The van der Waals surface area contributed by atoms with Crippen molar-refractivity contribution < 1.29 is 18.9 Å². The summed E-state index contributed by atoms with van der Waals surface area (Å²) in [5.74, 6) is 2.54. The Balaban J connectivity index is 1.98. The van der Waals surface area contributed by atoms with Crippen molar-refractivity contribution in [1.29, 1.82) is 0 Å². The number of hydrogen-bond acceptors (Lipinski definition) is 5. The van der Waals surface area contributed by atoms with Crippen LogP contribution in [0.4, 0.5) is 5.69 Å². The second-order valence-electron chi connectivity index (χ2n) is 5.43. The normalized spacial score (nSPS) is 9.89. The lowest BCUT2D eigenvalue weighted by molar-refractivity contribution is 0.322. The van der Waals surface area contributed by atoms with E-state index >= 15 is 0 Å². The number of nitrogens with one attached hydrogen (secondary N) is 2. The molecule has 0 spiro atoms. The Hall–Kier alpha value is -2.93. The van der Waals surface area contributed by atoms with Crippen molar-refractivity contribution in [3.63, 3.8) is 0 Å². The molecule has 0 aliphatic rings. The van der Waals surface area contributed by atoms with Gasteiger partial charge in [-0.1, -0.05) is 12.7 Å². The molecule has 0 saturated heterocycles. The quantitative estimate of drug-likeness (QED) is 0.501. The molecule has 0 atom stereocenters. The maximum Gasteiger partial charge on any atom is 0.203 e. The Bertz CT molecular complexity index is 778. The van der Waals surface area contributed by atoms with Gasteiger partial charge in [0.25, 0.3) is 0 Å². The van der Waals surface area contributed by atoms with Crippen molar-refractivity contribution in [1.82, 2.24) is 5.32 Å². The first-order valence-corrected chi connectivity index (χ1v) is 8.70. The lowest BCUT2D eigenvalue weighted by Crippen LogP contribution is -2.28. The summed E-state index contributed by atoms with van der Waals surface area (Å²) in [5.41, 5.74) is 1.75. The highest BCUT2D eigenvalue weighted by atomic mass is 32.1. The van der Waals surface area contributed by atoms with Crippen molar-refractivity contribution in [3.05, 3.63) is 54.6 Å². The van der Waals surface area contributed by atoms with Gasteiger partial charge in [-0.15, -0.1) is 0 Å². The Morgan fingerprint density at radius 3 is 2.30 bits per heavy atom. The lowest BCUT2D eigenvalue weighted by atomic mass is 10.1. The van der Waals surface area contributed by atoms with Gasteiger partial charge in [0.15, 0.2) is 16.6 Å². The summed E-state index contributed by atoms with van der Waals surface area (Å²) in [4.78, 5) is 0. The van der Waals surface area contributed by atoms with Crippen LogP contribution in [-0.2, 0) is 6.54 Å². The Morgan fingerprint density at radius 1 is 1.00 bits per heavy atom. The summed E-state index contributed by atoms with van der Waals surface area (Å²) in [6.45, 7) is 4.56. The van der Waals surface area contributed by atoms with E-state index in [1.807, 2.05) is 36.4 Å². The second-order valence-corrected chi connectivity index (χ2v) is 5.83. The van der Waals surface area contributed by atoms with Crippen LogP contribution < -0.4 is 29.6 Å². The highest BCUT2D eigenvalue weighted by Gasteiger charge is 2.15. The van der Waals surface area contributed by atoms with Crippen LogP contribution in [0.25, 0.3) is 0 Å². The molecule has 0 saturated carbocycles. The molecule has 2 N–H and O–H groups in total. The molecule has 0 unspecified atom stereocenters. The van der Waals surface area contributed by atoms with E-state index in [9.17, 15) is 0 Å². The largest absolute Gasteiger partial charge is 0.493 e. The van der Waals surface area contributed by atoms with Crippen LogP contribution in [-0.4, -0.2) is 33.0 Å². The first-order valence-electron chi connectivity index (χ1n) is 8.29. The molecule has 0 aromatic heterocycles. The average Bonchev–Trinajstić information content (AvgIpc) is 2.70. The number of methoxy groups -OCH3 is 3. The van der Waals surface area contributed by atoms with E-state index in [2.05, 4.69) is 17.2 Å². The van der Waals surface area contributed by atoms with E-state index in [4.69, 9.17) is 31.2 Å². The zero-order valence-electron chi connectivity index (χ0n) is 15.7. The molecule has 0 heterocycles. The minimum atomic E-state index is 0.468. The zero-order chi connectivity index (χ0) is 19.6. The van der Waals surface area contributed by atoms with Crippen LogP contribution in [0.3, 0.4) is 0 Å². The molecule has 2 aromatic carbocycles. The molecular weight excluding hydrogens is 364 g/mol. The number of ether oxygens (including phenoxy) is 4. The van der Waals surface area contributed by atoms with Crippen LogP contribution in [0, 0.1) is 0 Å². The van der Waals surface area contributed by atoms with Crippen LogP contribution in [0.15, 0.2) is 49.1 Å². The van der Waals surface area contributed by atoms with Gasteiger partial charge in [0.05, 0.1) is 21.3 Å². The average molecular weight is 388 g/mol. The van der Waals surface area contributed by atoms with E-state index in [1.54, 1.807) is 27.4 Å². The predicted molar refractivity (Wildman–Crippen MR) is 111 cm³/mol. The third-order valence-electron chi connectivity index (χ3n) is 3.71. The molecule has 0 aliphatic heterocycles. The smallest absolute Gasteiger partial charge is 0.203 e. The minimum absolute atomic E-state index is 0.468. The molecule has 6 nitrogen and oxygen atoms in total. The van der Waals surface area contributed by atoms with Crippen LogP contribution in [0.2, 0.25) is 0 Å². The second kappa shape index (κ2) is 10.3. The van der Waals surface area contributed by atoms with Crippen molar-refractivity contribution in [2.24, 2.45) is 0 Å². The predicted octanol–water partition coefficient (Wildman–Crippen LogP) is 3.76. The van der Waals surface area contributed by atoms with Crippen molar-refractivity contribution in [2.75, 3.05) is 33.3 Å². The molecule has 2 rings (SSSR count). The maximum atomic E-state index is 5.48. The summed E-state index contributed by atoms with van der Waals surface area (Å²) in [5, 5.41) is 6.78. The maximum absolute atomic E-state index is 5.48. The van der Waals surface area contributed by atoms with Gasteiger partial charge in [0.2, 0.25) is 5.75 Å². The number of hydrogen-bond donors (Lipinski definition) is 2. The number of anilines is 1. The highest BCUT2D eigenvalue weighted by molar-refractivity contribution is 7.80. The Morgan fingerprint density at radius 2 is 1.70 bits per heavy atom. The van der Waals surface area contributed by atoms with E-state index < -0.39 is 0 Å². The van der Waals surface area contributed by atoms with Crippen molar-refractivity contribution in [2.45, 2.75) is 6.54 Å². The molecule has 2 aromatic rings. The molecular formula is C20H24N2O4S. The third kappa shape index (κ3) is 5.52. The van der Waals surface area contributed by atoms with Gasteiger partial charge < -0.3 is 29.6 Å². The van der Waals surface area contributed by atoms with Gasteiger partial charge in [-0.05, 0) is 48.6 Å². The van der Waals surface area contributed by atoms with Gasteiger partial charge in [0, 0.05) is 17.8 Å². The van der Waals surface area contributed by atoms with Crippen LogP contribution in [0.1, 0.15) is 5.56 Å². The lowest BCUT2D eigenvalue weighted by Gasteiger charge is -2.17. The van der Waals surface area contributed by atoms with Crippen LogP contribution >= 0.6 is 12.2 Å². The van der Waals surface area contributed by atoms with Gasteiger partial charge in [-0.25, -0.2) is 0 Å². The molecule has 0 bridgehead atoms. The summed E-state index contributed by atoms with van der Waals surface area (Å²) in [7, 11) is 4.75. The zero-order valence-corrected chi connectivity index (χ0v) is 16.5. The fraction of sp³-hybridized carbons (Fsp3) is 0.250. The van der Waals surface area contributed by atoms with Gasteiger partial charge in [-0.3, -0.25) is 0 Å². The fourth-order valence-corrected chi connectivity index (χ4v) is 2.63. The summed E-state index contributed by atoms with van der Waals surface area (Å²) >= 11 is 5.36. The monoisotopic (exact) mass is 388 g/mol. The third-order valence-corrected chi connectivity index (χ3v) is 3.95. The fourth-order valence-electron chi connectivity index (χ4n) is 2.44. The van der Waals surface area contributed by atoms with E-state index in [-0.39, 0.29) is 0 Å². The summed E-state index contributed by atoms with van der Waals surface area (Å²) in [6, 6.07) is 11.3. The van der Waals surface area contributed by atoms with Gasteiger partial charge >= 0.3 is 0 Å². The van der Waals surface area contributed by atoms with E-state index in [1.165, 1.54) is 0 Å². The van der Waals surface area contributed by atoms with Gasteiger partial charge in [0.1, 0.15) is 12.4 Å². The first-order chi connectivity index (χ1) is 13.1. The van der Waals surface area contributed by atoms with E-state index in [0.29, 0.717) is 35.5 Å². The molecule has 0 aliphatic carbocycles. The minimum Gasteiger partial charge on any atom is -0.493 e. The number of thiocarbonyl (C=S) groups is 1. The molecule has 144 valence electrons. The molecule has 27 heavy (non-hydrogen) atoms. The summed E-state index contributed by atoms with van der Waals surface area (Å²) < 4.78 is 21.6. The standard InChI is InChI=1S/C20H24N2O4S/c1-5-12-26-16-9-7-15(8-10-16)22-20(27)21-13-14-6-11-17(23-2)19(25-4)18(14)24-3/h5-11H,1,12-13H2,2-4H3,(H2,21,22,27). The van der Waals surface area contributed by atoms with Crippen molar-refractivity contribution in [3.8, 4) is 23.0 Å². The molecule has 7 heteroatoms. The topological polar surface area (TPSA) is 61.0 Å². The summed E-state index contributed by atoms with van der Waals surface area (Å²) in [6.07, 6.45) is 1.70. The number of rotatable bonds is 9. The van der Waals surface area contributed by atoms with E-state index in [0.717, 1.165) is 17.0 Å². The van der Waals surface area contributed by atoms with Crippen LogP contribution in [0.5, 0.6) is 23.0 Å². The van der Waals surface area contributed by atoms with Crippen molar-refractivity contribution >= 4 is 23.0 Å². The SMILES string of the molecule is C=CCOc1ccc(NC(=S)NCc2ccc(OC)c(OC)c2OC)cc1. The Kier molecular flexibility index (Phi) is 7.76. The molecule has 0 amide bonds. The molecule has 0 radical (unpaired) electrons.